The first kappa shape index (κ1) is 25.2. The molecule has 0 bridgehead atoms. The molecular formula is C26H17BrN4O6S. The average molecular weight is 593 g/mol. The van der Waals surface area contributed by atoms with Gasteiger partial charge in [0.15, 0.2) is 5.17 Å². The predicted octanol–water partition coefficient (Wildman–Crippen LogP) is 3.69. The van der Waals surface area contributed by atoms with Crippen molar-refractivity contribution in [3.63, 3.8) is 0 Å². The van der Waals surface area contributed by atoms with Crippen LogP contribution in [0.1, 0.15) is 11.1 Å². The zero-order valence-corrected chi connectivity index (χ0v) is 21.6. The lowest BCUT2D eigenvalue weighted by atomic mass is 9.99. The van der Waals surface area contributed by atoms with E-state index in [1.54, 1.807) is 24.3 Å². The van der Waals surface area contributed by atoms with E-state index in [1.165, 1.54) is 54.7 Å². The molecule has 2 saturated heterocycles. The fourth-order valence-electron chi connectivity index (χ4n) is 4.03. The molecule has 1 unspecified atom stereocenters. The molecule has 12 heteroatoms. The van der Waals surface area contributed by atoms with E-state index in [0.717, 1.165) is 4.90 Å². The lowest BCUT2D eigenvalue weighted by Gasteiger charge is -2.31. The third-order valence-electron chi connectivity index (χ3n) is 5.78. The Morgan fingerprint density at radius 3 is 2.34 bits per heavy atom. The number of carbonyl (C=O) groups excluding carboxylic acids is 3. The second kappa shape index (κ2) is 9.80. The van der Waals surface area contributed by atoms with Crippen molar-refractivity contribution < 1.29 is 29.7 Å². The smallest absolute Gasteiger partial charge is 0.301 e. The van der Waals surface area contributed by atoms with Crippen molar-refractivity contribution in [2.45, 2.75) is 4.87 Å². The fraction of sp³-hybridized carbons (Fsp3) is 0.0385. The van der Waals surface area contributed by atoms with E-state index in [9.17, 15) is 29.7 Å². The van der Waals surface area contributed by atoms with Crippen LogP contribution in [0, 0.1) is 0 Å². The SMILES string of the molecule is O=C1C(=O)N(c2ccccc2O)C2(SC(=NN=Cc3ccc(O)cc3)NC2=O)/C1=C(\O)c1ccc(Br)cc1. The number of amides is 2. The highest BCUT2D eigenvalue weighted by Crippen LogP contribution is 2.52. The van der Waals surface area contributed by atoms with Crippen LogP contribution >= 0.6 is 27.7 Å². The molecular weight excluding hydrogens is 576 g/mol. The van der Waals surface area contributed by atoms with Gasteiger partial charge in [0.1, 0.15) is 17.3 Å². The van der Waals surface area contributed by atoms with Crippen molar-refractivity contribution in [2.24, 2.45) is 10.2 Å². The molecule has 3 aromatic carbocycles. The number of carbonyl (C=O) groups is 3. The fourth-order valence-corrected chi connectivity index (χ4v) is 5.51. The van der Waals surface area contributed by atoms with Gasteiger partial charge in [-0.25, -0.2) is 0 Å². The maximum absolute atomic E-state index is 13.6. The Morgan fingerprint density at radius 1 is 0.974 bits per heavy atom. The van der Waals surface area contributed by atoms with Crippen molar-refractivity contribution in [3.05, 3.63) is 94.0 Å². The van der Waals surface area contributed by atoms with Crippen LogP contribution in [0.4, 0.5) is 5.69 Å². The van der Waals surface area contributed by atoms with Gasteiger partial charge in [0.2, 0.25) is 4.87 Å². The maximum Gasteiger partial charge on any atom is 0.301 e. The predicted molar refractivity (Wildman–Crippen MR) is 146 cm³/mol. The molecule has 190 valence electrons. The number of amidine groups is 1. The summed E-state index contributed by atoms with van der Waals surface area (Å²) in [5, 5.41) is 41.6. The molecule has 2 fully saturated rings. The molecule has 4 N–H and O–H groups in total. The number of benzene rings is 3. The van der Waals surface area contributed by atoms with Crippen molar-refractivity contribution >= 4 is 68.1 Å². The number of thioether (sulfide) groups is 1. The molecule has 2 aliphatic heterocycles. The quantitative estimate of drug-likeness (QED) is 0.118. The molecule has 0 saturated carbocycles. The summed E-state index contributed by atoms with van der Waals surface area (Å²) in [6, 6.07) is 18.2. The van der Waals surface area contributed by atoms with Crippen LogP contribution in [0.2, 0.25) is 0 Å². The van der Waals surface area contributed by atoms with Gasteiger partial charge < -0.3 is 20.6 Å². The highest BCUT2D eigenvalue weighted by Gasteiger charge is 2.66. The first-order chi connectivity index (χ1) is 18.2. The van der Waals surface area contributed by atoms with Gasteiger partial charge in [0.25, 0.3) is 11.7 Å². The number of rotatable bonds is 4. The summed E-state index contributed by atoms with van der Waals surface area (Å²) in [4.78, 5) is 39.0. The van der Waals surface area contributed by atoms with E-state index >= 15 is 0 Å². The molecule has 2 aliphatic rings. The van der Waals surface area contributed by atoms with Gasteiger partial charge >= 0.3 is 5.91 Å². The van der Waals surface area contributed by atoms with Gasteiger partial charge in [0.05, 0.1) is 17.5 Å². The third-order valence-corrected chi connectivity index (χ3v) is 7.55. The summed E-state index contributed by atoms with van der Waals surface area (Å²) in [7, 11) is 0. The van der Waals surface area contributed by atoms with Gasteiger partial charge in [-0.15, -0.1) is 5.10 Å². The molecule has 1 spiro atoms. The molecule has 0 radical (unpaired) electrons. The van der Waals surface area contributed by atoms with Crippen LogP contribution in [0.25, 0.3) is 5.76 Å². The van der Waals surface area contributed by atoms with Crippen LogP contribution < -0.4 is 10.2 Å². The molecule has 38 heavy (non-hydrogen) atoms. The summed E-state index contributed by atoms with van der Waals surface area (Å²) >= 11 is 4.01. The summed E-state index contributed by atoms with van der Waals surface area (Å²) < 4.78 is 0.715. The molecule has 1 atom stereocenters. The number of nitrogens with one attached hydrogen (secondary N) is 1. The molecule has 2 amide bonds. The summed E-state index contributed by atoms with van der Waals surface area (Å²) in [6.07, 6.45) is 1.38. The molecule has 10 nitrogen and oxygen atoms in total. The zero-order valence-electron chi connectivity index (χ0n) is 19.2. The van der Waals surface area contributed by atoms with Gasteiger partial charge in [-0.1, -0.05) is 40.2 Å². The third kappa shape index (κ3) is 4.23. The Morgan fingerprint density at radius 2 is 1.66 bits per heavy atom. The molecule has 2 heterocycles. The number of aliphatic hydroxyl groups is 1. The van der Waals surface area contributed by atoms with Gasteiger partial charge in [-0.05, 0) is 65.9 Å². The Hall–Kier alpha value is -4.42. The topological polar surface area (TPSA) is 152 Å². The average Bonchev–Trinajstić information content (AvgIpc) is 3.33. The summed E-state index contributed by atoms with van der Waals surface area (Å²) in [5.74, 6) is -3.88. The first-order valence-electron chi connectivity index (χ1n) is 11.0. The normalized spacial score (nSPS) is 21.7. The Labute approximate surface area is 228 Å². The largest absolute Gasteiger partial charge is 0.508 e. The Balaban J connectivity index is 1.65. The van der Waals surface area contributed by atoms with Crippen molar-refractivity contribution in [2.75, 3.05) is 4.90 Å². The van der Waals surface area contributed by atoms with Crippen molar-refractivity contribution in [3.8, 4) is 11.5 Å². The second-order valence-corrected chi connectivity index (χ2v) is 10.2. The highest BCUT2D eigenvalue weighted by atomic mass is 79.9. The Bertz CT molecular complexity index is 1570. The van der Waals surface area contributed by atoms with Crippen LogP contribution in [0.3, 0.4) is 0 Å². The molecule has 3 aromatic rings. The second-order valence-electron chi connectivity index (χ2n) is 8.13. The highest BCUT2D eigenvalue weighted by molar-refractivity contribution is 9.10. The molecule has 0 aromatic heterocycles. The Kier molecular flexibility index (Phi) is 6.51. The van der Waals surface area contributed by atoms with Gasteiger partial charge in [-0.2, -0.15) is 5.10 Å². The number of ketones is 1. The minimum Gasteiger partial charge on any atom is -0.508 e. The number of para-hydroxylation sites is 2. The minimum absolute atomic E-state index is 0.0472. The lowest BCUT2D eigenvalue weighted by Crippen LogP contribution is -2.50. The minimum atomic E-state index is -2.11. The van der Waals surface area contributed by atoms with Crippen LogP contribution in [-0.2, 0) is 14.4 Å². The van der Waals surface area contributed by atoms with E-state index in [-0.39, 0.29) is 27.9 Å². The standard InChI is InChI=1S/C26H17BrN4O6S/c27-16-9-7-15(8-10-16)21(34)20-22(35)23(36)31(18-3-1-2-4-19(18)33)26(20)24(37)29-25(38-26)30-28-13-14-5-11-17(32)12-6-14/h1-13,32-34H,(H,29,30,37)/b21-20-,28-13?. The number of anilines is 1. The van der Waals surface area contributed by atoms with E-state index in [4.69, 9.17) is 0 Å². The van der Waals surface area contributed by atoms with E-state index in [1.807, 2.05) is 0 Å². The number of hydrogen-bond donors (Lipinski definition) is 4. The van der Waals surface area contributed by atoms with Gasteiger partial charge in [0, 0.05) is 10.0 Å². The number of hydrogen-bond acceptors (Lipinski definition) is 9. The number of aromatic hydroxyl groups is 2. The number of nitrogens with zero attached hydrogens (tertiary/aromatic N) is 3. The molecule has 5 rings (SSSR count). The monoisotopic (exact) mass is 592 g/mol. The van der Waals surface area contributed by atoms with Crippen LogP contribution in [-0.4, -0.2) is 49.2 Å². The number of phenolic OH excluding ortho intramolecular Hbond substituents is 2. The number of halogens is 1. The van der Waals surface area contributed by atoms with E-state index < -0.39 is 33.8 Å². The summed E-state index contributed by atoms with van der Waals surface area (Å²) in [5.41, 5.74) is 0.253. The van der Waals surface area contributed by atoms with Crippen LogP contribution in [0.15, 0.2) is 93.0 Å². The molecule has 0 aliphatic carbocycles. The maximum atomic E-state index is 13.6. The van der Waals surface area contributed by atoms with Crippen molar-refractivity contribution in [1.29, 1.82) is 0 Å². The van der Waals surface area contributed by atoms with E-state index in [2.05, 4.69) is 31.4 Å². The van der Waals surface area contributed by atoms with E-state index in [0.29, 0.717) is 21.8 Å². The van der Waals surface area contributed by atoms with Crippen LogP contribution in [0.5, 0.6) is 11.5 Å². The summed E-state index contributed by atoms with van der Waals surface area (Å²) in [6.45, 7) is 0. The number of Topliss-reactive ketones (excluding diaryl/α,β-unsaturated/α-hetero) is 1. The number of aliphatic hydroxyl groups excluding tert-OH is 1. The zero-order chi connectivity index (χ0) is 27.0. The number of phenols is 2. The van der Waals surface area contributed by atoms with Gasteiger partial charge in [-0.3, -0.25) is 19.3 Å². The first-order valence-corrected chi connectivity index (χ1v) is 12.6. The van der Waals surface area contributed by atoms with Crippen molar-refractivity contribution in [1.82, 2.24) is 5.32 Å². The lowest BCUT2D eigenvalue weighted by molar-refractivity contribution is -0.132.